The second-order valence-electron chi connectivity index (χ2n) is 5.51. The van der Waals surface area contributed by atoms with Crippen molar-refractivity contribution < 1.29 is 22.7 Å². The first-order valence-corrected chi connectivity index (χ1v) is 7.38. The molecular formula is C16H16F3N3O3. The standard InChI is InChI=1S/C16H16F3N3O3/c1-10(2)20-14(23)9-22-15(24)8-7-13(21-22)11-3-5-12(6-4-11)25-16(17,18)19/h3-8,10H,9H2,1-2H3,(H,20,23). The van der Waals surface area contributed by atoms with Crippen LogP contribution in [0.3, 0.4) is 0 Å². The molecule has 0 aliphatic heterocycles. The summed E-state index contributed by atoms with van der Waals surface area (Å²) in [6.45, 7) is 3.32. The third-order valence-electron chi connectivity index (χ3n) is 2.99. The number of alkyl halides is 3. The molecular weight excluding hydrogens is 339 g/mol. The number of amides is 1. The van der Waals surface area contributed by atoms with Crippen LogP contribution in [0.15, 0.2) is 41.2 Å². The Bertz CT molecular complexity index is 799. The van der Waals surface area contributed by atoms with Gasteiger partial charge in [0.05, 0.1) is 5.69 Å². The van der Waals surface area contributed by atoms with E-state index in [1.54, 1.807) is 13.8 Å². The zero-order valence-electron chi connectivity index (χ0n) is 13.5. The predicted molar refractivity (Wildman–Crippen MR) is 83.9 cm³/mol. The molecule has 1 amide bonds. The average molecular weight is 355 g/mol. The van der Waals surface area contributed by atoms with Crippen LogP contribution in [0.4, 0.5) is 13.2 Å². The van der Waals surface area contributed by atoms with Crippen molar-refractivity contribution >= 4 is 5.91 Å². The van der Waals surface area contributed by atoms with Gasteiger partial charge >= 0.3 is 6.36 Å². The lowest BCUT2D eigenvalue weighted by Crippen LogP contribution is -2.36. The van der Waals surface area contributed by atoms with Crippen molar-refractivity contribution in [2.45, 2.75) is 32.8 Å². The Morgan fingerprint density at radius 1 is 1.20 bits per heavy atom. The highest BCUT2D eigenvalue weighted by molar-refractivity contribution is 5.75. The second-order valence-corrected chi connectivity index (χ2v) is 5.51. The van der Waals surface area contributed by atoms with Crippen molar-refractivity contribution in [3.05, 3.63) is 46.8 Å². The zero-order chi connectivity index (χ0) is 18.6. The van der Waals surface area contributed by atoms with Gasteiger partial charge in [-0.25, -0.2) is 4.68 Å². The molecule has 0 bridgehead atoms. The number of ether oxygens (including phenoxy) is 1. The Labute approximate surface area is 141 Å². The number of aromatic nitrogens is 2. The van der Waals surface area contributed by atoms with Crippen molar-refractivity contribution in [1.29, 1.82) is 0 Å². The van der Waals surface area contributed by atoms with E-state index < -0.39 is 11.9 Å². The molecule has 0 aliphatic rings. The minimum Gasteiger partial charge on any atom is -0.406 e. The number of nitrogens with one attached hydrogen (secondary N) is 1. The summed E-state index contributed by atoms with van der Waals surface area (Å²) < 4.78 is 41.3. The fraction of sp³-hybridized carbons (Fsp3) is 0.312. The Kier molecular flexibility index (Phi) is 5.45. The first kappa shape index (κ1) is 18.5. The van der Waals surface area contributed by atoms with Crippen LogP contribution in [0.1, 0.15) is 13.8 Å². The van der Waals surface area contributed by atoms with Gasteiger partial charge in [0.2, 0.25) is 5.91 Å². The van der Waals surface area contributed by atoms with Gasteiger partial charge in [0.1, 0.15) is 12.3 Å². The number of hydrogen-bond donors (Lipinski definition) is 1. The summed E-state index contributed by atoms with van der Waals surface area (Å²) in [5.41, 5.74) is 0.364. The Morgan fingerprint density at radius 2 is 1.84 bits per heavy atom. The number of hydrogen-bond acceptors (Lipinski definition) is 4. The fourth-order valence-electron chi connectivity index (χ4n) is 2.05. The molecule has 25 heavy (non-hydrogen) atoms. The van der Waals surface area contributed by atoms with E-state index >= 15 is 0 Å². The third kappa shape index (κ3) is 5.63. The third-order valence-corrected chi connectivity index (χ3v) is 2.99. The molecule has 1 aromatic heterocycles. The summed E-state index contributed by atoms with van der Waals surface area (Å²) in [6, 6.07) is 7.65. The largest absolute Gasteiger partial charge is 0.573 e. The van der Waals surface area contributed by atoms with Gasteiger partial charge in [-0.2, -0.15) is 5.10 Å². The summed E-state index contributed by atoms with van der Waals surface area (Å²) in [4.78, 5) is 23.6. The van der Waals surface area contributed by atoms with E-state index in [-0.39, 0.29) is 24.2 Å². The van der Waals surface area contributed by atoms with E-state index in [2.05, 4.69) is 15.2 Å². The summed E-state index contributed by atoms with van der Waals surface area (Å²) in [5, 5.41) is 6.72. The molecule has 1 aromatic carbocycles. The van der Waals surface area contributed by atoms with Gasteiger partial charge in [-0.1, -0.05) is 0 Å². The molecule has 0 unspecified atom stereocenters. The van der Waals surface area contributed by atoms with Gasteiger partial charge in [-0.15, -0.1) is 13.2 Å². The molecule has 2 rings (SSSR count). The smallest absolute Gasteiger partial charge is 0.406 e. The highest BCUT2D eigenvalue weighted by atomic mass is 19.4. The van der Waals surface area contributed by atoms with Gasteiger partial charge in [-0.3, -0.25) is 9.59 Å². The maximum absolute atomic E-state index is 12.2. The van der Waals surface area contributed by atoms with Gasteiger partial charge in [0.25, 0.3) is 5.56 Å². The van der Waals surface area contributed by atoms with Crippen LogP contribution in [-0.4, -0.2) is 28.1 Å². The number of carbonyl (C=O) groups excluding carboxylic acids is 1. The van der Waals surface area contributed by atoms with Crippen LogP contribution < -0.4 is 15.6 Å². The zero-order valence-corrected chi connectivity index (χ0v) is 13.5. The monoisotopic (exact) mass is 355 g/mol. The van der Waals surface area contributed by atoms with E-state index in [1.165, 1.54) is 24.3 Å². The maximum atomic E-state index is 12.2. The minimum atomic E-state index is -4.77. The molecule has 6 nitrogen and oxygen atoms in total. The topological polar surface area (TPSA) is 73.2 Å². The molecule has 134 valence electrons. The summed E-state index contributed by atoms with van der Waals surface area (Å²) in [5.74, 6) is -0.725. The van der Waals surface area contributed by atoms with Gasteiger partial charge in [0, 0.05) is 17.7 Å². The summed E-state index contributed by atoms with van der Waals surface area (Å²) in [7, 11) is 0. The van der Waals surface area contributed by atoms with Gasteiger partial charge in [-0.05, 0) is 44.2 Å². The lowest BCUT2D eigenvalue weighted by Gasteiger charge is -2.11. The molecule has 0 spiro atoms. The number of halogens is 3. The van der Waals surface area contributed by atoms with E-state index in [0.29, 0.717) is 11.3 Å². The number of rotatable bonds is 5. The van der Waals surface area contributed by atoms with Crippen molar-refractivity contribution in [3.63, 3.8) is 0 Å². The normalized spacial score (nSPS) is 11.4. The van der Waals surface area contributed by atoms with Crippen molar-refractivity contribution in [3.8, 4) is 17.0 Å². The number of benzene rings is 1. The molecule has 0 saturated carbocycles. The molecule has 2 aromatic rings. The first-order chi connectivity index (χ1) is 11.6. The van der Waals surface area contributed by atoms with Crippen LogP contribution in [-0.2, 0) is 11.3 Å². The van der Waals surface area contributed by atoms with Crippen LogP contribution in [0.5, 0.6) is 5.75 Å². The van der Waals surface area contributed by atoms with Crippen LogP contribution in [0.2, 0.25) is 0 Å². The average Bonchev–Trinajstić information content (AvgIpc) is 2.48. The van der Waals surface area contributed by atoms with Crippen molar-refractivity contribution in [1.82, 2.24) is 15.1 Å². The van der Waals surface area contributed by atoms with Gasteiger partial charge < -0.3 is 10.1 Å². The fourth-order valence-corrected chi connectivity index (χ4v) is 2.05. The van der Waals surface area contributed by atoms with E-state index in [0.717, 1.165) is 16.8 Å². The highest BCUT2D eigenvalue weighted by Crippen LogP contribution is 2.25. The number of nitrogens with zero attached hydrogens (tertiary/aromatic N) is 2. The Hall–Kier alpha value is -2.84. The quantitative estimate of drug-likeness (QED) is 0.893. The first-order valence-electron chi connectivity index (χ1n) is 7.38. The lowest BCUT2D eigenvalue weighted by molar-refractivity contribution is -0.274. The molecule has 1 heterocycles. The summed E-state index contributed by atoms with van der Waals surface area (Å²) >= 11 is 0. The Morgan fingerprint density at radius 3 is 2.40 bits per heavy atom. The molecule has 0 aliphatic carbocycles. The van der Waals surface area contributed by atoms with Crippen LogP contribution >= 0.6 is 0 Å². The van der Waals surface area contributed by atoms with E-state index in [9.17, 15) is 22.8 Å². The number of carbonyl (C=O) groups is 1. The van der Waals surface area contributed by atoms with Crippen LogP contribution in [0.25, 0.3) is 11.3 Å². The Balaban J connectivity index is 2.21. The van der Waals surface area contributed by atoms with E-state index in [4.69, 9.17) is 0 Å². The van der Waals surface area contributed by atoms with Crippen molar-refractivity contribution in [2.24, 2.45) is 0 Å². The molecule has 0 atom stereocenters. The van der Waals surface area contributed by atoms with E-state index in [1.807, 2.05) is 0 Å². The lowest BCUT2D eigenvalue weighted by atomic mass is 10.1. The van der Waals surface area contributed by atoms with Gasteiger partial charge in [0.15, 0.2) is 0 Å². The SMILES string of the molecule is CC(C)NC(=O)Cn1nc(-c2ccc(OC(F)(F)F)cc2)ccc1=O. The summed E-state index contributed by atoms with van der Waals surface area (Å²) in [6.07, 6.45) is -4.77. The van der Waals surface area contributed by atoms with Crippen LogP contribution in [0, 0.1) is 0 Å². The van der Waals surface area contributed by atoms with Crippen molar-refractivity contribution in [2.75, 3.05) is 0 Å². The molecule has 0 fully saturated rings. The molecule has 9 heteroatoms. The highest BCUT2D eigenvalue weighted by Gasteiger charge is 2.30. The maximum Gasteiger partial charge on any atom is 0.573 e. The molecule has 0 saturated heterocycles. The minimum absolute atomic E-state index is 0.0763. The molecule has 1 N–H and O–H groups in total. The predicted octanol–water partition coefficient (Wildman–Crippen LogP) is 2.33. The second kappa shape index (κ2) is 7.37. The molecule has 0 radical (unpaired) electrons.